The second-order valence-corrected chi connectivity index (χ2v) is 6.57. The number of hydrogen-bond acceptors (Lipinski definition) is 4. The first kappa shape index (κ1) is 14.2. The highest BCUT2D eigenvalue weighted by Gasteiger charge is 2.27. The molecule has 0 spiro atoms. The number of nitrogens with one attached hydrogen (secondary N) is 2. The predicted octanol–water partition coefficient (Wildman–Crippen LogP) is 3.48. The molecule has 1 aliphatic rings. The largest absolute Gasteiger partial charge is 0.497 e. The van der Waals surface area contributed by atoms with Crippen molar-refractivity contribution in [2.24, 2.45) is 5.92 Å². The Morgan fingerprint density at radius 1 is 1.48 bits per heavy atom. The van der Waals surface area contributed by atoms with E-state index in [-0.39, 0.29) is 11.9 Å². The molecule has 1 amide bonds. The van der Waals surface area contributed by atoms with Gasteiger partial charge in [0.05, 0.1) is 12.8 Å². The lowest BCUT2D eigenvalue weighted by atomic mass is 9.99. The van der Waals surface area contributed by atoms with Crippen molar-refractivity contribution in [3.05, 3.63) is 23.1 Å². The van der Waals surface area contributed by atoms with E-state index in [1.807, 2.05) is 18.2 Å². The van der Waals surface area contributed by atoms with Gasteiger partial charge in [0.1, 0.15) is 10.6 Å². The van der Waals surface area contributed by atoms with Crippen molar-refractivity contribution in [2.45, 2.75) is 26.3 Å². The van der Waals surface area contributed by atoms with Gasteiger partial charge >= 0.3 is 0 Å². The second kappa shape index (κ2) is 5.56. The van der Waals surface area contributed by atoms with Gasteiger partial charge in [-0.05, 0) is 24.1 Å². The summed E-state index contributed by atoms with van der Waals surface area (Å²) in [6.45, 7) is 5.09. The molecule has 0 aliphatic carbocycles. The molecule has 2 N–H and O–H groups in total. The Labute approximate surface area is 128 Å². The molecule has 0 fully saturated rings. The minimum Gasteiger partial charge on any atom is -0.497 e. The molecule has 1 aliphatic heterocycles. The van der Waals surface area contributed by atoms with Crippen LogP contribution in [0, 0.1) is 5.92 Å². The van der Waals surface area contributed by atoms with Gasteiger partial charge in [-0.25, -0.2) is 0 Å². The van der Waals surface area contributed by atoms with E-state index in [9.17, 15) is 4.79 Å². The van der Waals surface area contributed by atoms with Gasteiger partial charge < -0.3 is 15.4 Å². The van der Waals surface area contributed by atoms with E-state index in [1.165, 1.54) is 11.3 Å². The summed E-state index contributed by atoms with van der Waals surface area (Å²) in [6, 6.07) is 6.10. The number of carbonyl (C=O) groups excluding carboxylic acids is 1. The van der Waals surface area contributed by atoms with E-state index in [0.29, 0.717) is 5.92 Å². The Hall–Kier alpha value is -1.75. The molecule has 0 saturated heterocycles. The van der Waals surface area contributed by atoms with E-state index in [0.717, 1.165) is 39.4 Å². The quantitative estimate of drug-likeness (QED) is 0.913. The lowest BCUT2D eigenvalue weighted by Gasteiger charge is -2.22. The van der Waals surface area contributed by atoms with Gasteiger partial charge in [-0.3, -0.25) is 4.79 Å². The zero-order valence-electron chi connectivity index (χ0n) is 12.5. The molecule has 4 nitrogen and oxygen atoms in total. The number of ether oxygens (including phenoxy) is 1. The fraction of sp³-hybridized carbons (Fsp3) is 0.438. The van der Waals surface area contributed by atoms with Gasteiger partial charge in [-0.2, -0.15) is 0 Å². The number of thiophene rings is 1. The normalized spacial score (nSPS) is 19.4. The monoisotopic (exact) mass is 304 g/mol. The van der Waals surface area contributed by atoms with Crippen molar-refractivity contribution in [3.63, 3.8) is 0 Å². The zero-order valence-corrected chi connectivity index (χ0v) is 13.3. The molecule has 5 heteroatoms. The third-order valence-corrected chi connectivity index (χ3v) is 5.42. The minimum absolute atomic E-state index is 0.0282. The van der Waals surface area contributed by atoms with Crippen LogP contribution in [0.4, 0.5) is 5.69 Å². The van der Waals surface area contributed by atoms with Crippen molar-refractivity contribution < 1.29 is 9.53 Å². The molecule has 2 heterocycles. The highest BCUT2D eigenvalue weighted by Crippen LogP contribution is 2.38. The standard InChI is InChI=1S/C16H20N2O2S/c1-4-9(2)12-8-17-14-11-7-10(20-3)5-6-13(11)21-15(14)16(19)18-12/h5-7,9,12,17H,4,8H2,1-3H3,(H,18,19)/t9?,12-/m0/s1. The van der Waals surface area contributed by atoms with Gasteiger partial charge in [0.25, 0.3) is 5.91 Å². The molecule has 0 radical (unpaired) electrons. The van der Waals surface area contributed by atoms with Crippen LogP contribution in [-0.4, -0.2) is 25.6 Å². The number of rotatable bonds is 3. The Morgan fingerprint density at radius 3 is 3.00 bits per heavy atom. The summed E-state index contributed by atoms with van der Waals surface area (Å²) in [4.78, 5) is 13.3. The van der Waals surface area contributed by atoms with E-state index in [1.54, 1.807) is 7.11 Å². The van der Waals surface area contributed by atoms with Crippen LogP contribution in [0.5, 0.6) is 5.75 Å². The average molecular weight is 304 g/mol. The van der Waals surface area contributed by atoms with Crippen LogP contribution >= 0.6 is 11.3 Å². The Balaban J connectivity index is 2.02. The van der Waals surface area contributed by atoms with Crippen LogP contribution in [0.3, 0.4) is 0 Å². The Morgan fingerprint density at radius 2 is 2.29 bits per heavy atom. The van der Waals surface area contributed by atoms with Crippen molar-refractivity contribution in [1.82, 2.24) is 5.32 Å². The fourth-order valence-electron chi connectivity index (χ4n) is 2.66. The zero-order chi connectivity index (χ0) is 15.0. The third-order valence-electron chi connectivity index (χ3n) is 4.25. The Bertz CT molecular complexity index is 680. The van der Waals surface area contributed by atoms with Crippen molar-refractivity contribution >= 4 is 33.0 Å². The SMILES string of the molecule is CCC(C)[C@@H]1CNc2c(sc3ccc(OC)cc23)C(=O)N1. The number of amides is 1. The number of hydrogen-bond donors (Lipinski definition) is 2. The van der Waals surface area contributed by atoms with Gasteiger partial charge in [-0.15, -0.1) is 11.3 Å². The summed E-state index contributed by atoms with van der Waals surface area (Å²) in [5.41, 5.74) is 0.942. The summed E-state index contributed by atoms with van der Waals surface area (Å²) >= 11 is 1.53. The van der Waals surface area contributed by atoms with E-state index in [2.05, 4.69) is 24.5 Å². The highest BCUT2D eigenvalue weighted by atomic mass is 32.1. The molecule has 0 saturated carbocycles. The number of benzene rings is 1. The van der Waals surface area contributed by atoms with Gasteiger partial charge in [-0.1, -0.05) is 20.3 Å². The van der Waals surface area contributed by atoms with Crippen LogP contribution in [-0.2, 0) is 0 Å². The maximum Gasteiger partial charge on any atom is 0.263 e. The third kappa shape index (κ3) is 2.46. The summed E-state index contributed by atoms with van der Waals surface area (Å²) in [7, 11) is 1.66. The van der Waals surface area contributed by atoms with Crippen LogP contribution in [0.2, 0.25) is 0 Å². The molecule has 2 aromatic rings. The summed E-state index contributed by atoms with van der Waals surface area (Å²) < 4.78 is 6.40. The van der Waals surface area contributed by atoms with Crippen molar-refractivity contribution in [1.29, 1.82) is 0 Å². The van der Waals surface area contributed by atoms with Crippen LogP contribution in [0.15, 0.2) is 18.2 Å². The van der Waals surface area contributed by atoms with E-state index >= 15 is 0 Å². The smallest absolute Gasteiger partial charge is 0.263 e. The molecule has 112 valence electrons. The fourth-order valence-corrected chi connectivity index (χ4v) is 3.73. The van der Waals surface area contributed by atoms with E-state index in [4.69, 9.17) is 4.74 Å². The summed E-state index contributed by atoms with van der Waals surface area (Å²) in [6.07, 6.45) is 1.05. The lowest BCUT2D eigenvalue weighted by molar-refractivity contribution is 0.0934. The molecule has 1 unspecified atom stereocenters. The molecular weight excluding hydrogens is 284 g/mol. The van der Waals surface area contributed by atoms with Crippen molar-refractivity contribution in [3.8, 4) is 5.75 Å². The molecule has 3 rings (SSSR count). The lowest BCUT2D eigenvalue weighted by Crippen LogP contribution is -2.41. The van der Waals surface area contributed by atoms with Crippen LogP contribution < -0.4 is 15.4 Å². The summed E-state index contributed by atoms with van der Waals surface area (Å²) in [5, 5.41) is 7.68. The molecule has 0 bridgehead atoms. The highest BCUT2D eigenvalue weighted by molar-refractivity contribution is 7.21. The molecule has 21 heavy (non-hydrogen) atoms. The van der Waals surface area contributed by atoms with Crippen molar-refractivity contribution in [2.75, 3.05) is 19.0 Å². The number of anilines is 1. The first-order valence-electron chi connectivity index (χ1n) is 7.29. The topological polar surface area (TPSA) is 50.4 Å². The molecule has 2 atom stereocenters. The number of carbonyl (C=O) groups is 1. The second-order valence-electron chi connectivity index (χ2n) is 5.51. The minimum atomic E-state index is 0.0282. The molecular formula is C16H20N2O2S. The van der Waals surface area contributed by atoms with Gasteiger partial charge in [0.2, 0.25) is 0 Å². The van der Waals surface area contributed by atoms with Crippen LogP contribution in [0.25, 0.3) is 10.1 Å². The number of fused-ring (bicyclic) bond motifs is 3. The predicted molar refractivity (Wildman–Crippen MR) is 87.6 cm³/mol. The molecule has 1 aromatic heterocycles. The van der Waals surface area contributed by atoms with Crippen LogP contribution in [0.1, 0.15) is 29.9 Å². The molecule has 1 aromatic carbocycles. The number of methoxy groups -OCH3 is 1. The Kier molecular flexibility index (Phi) is 3.76. The van der Waals surface area contributed by atoms with Gasteiger partial charge in [0.15, 0.2) is 0 Å². The summed E-state index contributed by atoms with van der Waals surface area (Å²) in [5.74, 6) is 1.30. The average Bonchev–Trinajstić information content (AvgIpc) is 2.79. The first-order valence-corrected chi connectivity index (χ1v) is 8.11. The maximum atomic E-state index is 12.5. The van der Waals surface area contributed by atoms with E-state index < -0.39 is 0 Å². The maximum absolute atomic E-state index is 12.5. The van der Waals surface area contributed by atoms with Gasteiger partial charge in [0, 0.05) is 22.7 Å². The first-order chi connectivity index (χ1) is 10.1.